The number of rotatable bonds is 4. The zero-order valence-electron chi connectivity index (χ0n) is 7.60. The van der Waals surface area contributed by atoms with Crippen molar-refractivity contribution in [3.63, 3.8) is 0 Å². The van der Waals surface area contributed by atoms with Crippen molar-refractivity contribution in [1.82, 2.24) is 10.2 Å². The van der Waals surface area contributed by atoms with Crippen molar-refractivity contribution >= 4 is 0 Å². The average Bonchev–Trinajstić information content (AvgIpc) is 2.07. The third kappa shape index (κ3) is 3.73. The van der Waals surface area contributed by atoms with Crippen LogP contribution < -0.4 is 5.32 Å². The number of nitrogens with one attached hydrogen (secondary N) is 1. The lowest BCUT2D eigenvalue weighted by Gasteiger charge is -2.26. The van der Waals surface area contributed by atoms with Gasteiger partial charge in [-0.1, -0.05) is 6.42 Å². The van der Waals surface area contributed by atoms with Gasteiger partial charge in [0.05, 0.1) is 0 Å². The first-order valence-corrected chi connectivity index (χ1v) is 4.80. The summed E-state index contributed by atoms with van der Waals surface area (Å²) in [5, 5.41) is 3.18. The molecule has 0 aliphatic carbocycles. The van der Waals surface area contributed by atoms with Gasteiger partial charge in [-0.3, -0.25) is 0 Å². The van der Waals surface area contributed by atoms with Crippen LogP contribution in [0.1, 0.15) is 27.1 Å². The molecule has 1 rings (SSSR count). The molecule has 0 aromatic rings. The van der Waals surface area contributed by atoms with Gasteiger partial charge < -0.3 is 10.2 Å². The molecule has 2 heteroatoms. The van der Waals surface area contributed by atoms with Crippen molar-refractivity contribution in [3.8, 4) is 0 Å². The highest BCUT2D eigenvalue weighted by Crippen LogP contribution is 2.08. The van der Waals surface area contributed by atoms with Crippen molar-refractivity contribution in [2.75, 3.05) is 33.2 Å². The van der Waals surface area contributed by atoms with E-state index in [-0.39, 0.29) is 1.43 Å². The van der Waals surface area contributed by atoms with Crippen LogP contribution in [0, 0.1) is 0 Å². The zero-order chi connectivity index (χ0) is 7.94. The number of hydrogen-bond acceptors (Lipinski definition) is 2. The number of piperidine rings is 1. The number of nitrogens with zero attached hydrogens (tertiary/aromatic N) is 1. The molecule has 1 fully saturated rings. The van der Waals surface area contributed by atoms with Gasteiger partial charge in [0, 0.05) is 1.43 Å². The van der Waals surface area contributed by atoms with Crippen LogP contribution in [0.25, 0.3) is 0 Å². The normalized spacial score (nSPS) is 20.5. The molecule has 0 spiro atoms. The fourth-order valence-corrected chi connectivity index (χ4v) is 1.66. The molecular formula is C9H22N2. The van der Waals surface area contributed by atoms with Crippen molar-refractivity contribution in [2.45, 2.75) is 25.7 Å². The van der Waals surface area contributed by atoms with E-state index in [2.05, 4.69) is 10.2 Å². The molecule has 0 bridgehead atoms. The Bertz CT molecular complexity index is 92.5. The van der Waals surface area contributed by atoms with Crippen LogP contribution in [-0.4, -0.2) is 38.1 Å². The molecule has 1 aliphatic rings. The van der Waals surface area contributed by atoms with Gasteiger partial charge >= 0.3 is 0 Å². The van der Waals surface area contributed by atoms with Gasteiger partial charge in [0.15, 0.2) is 0 Å². The van der Waals surface area contributed by atoms with Crippen molar-refractivity contribution in [3.05, 3.63) is 0 Å². The summed E-state index contributed by atoms with van der Waals surface area (Å²) in [7, 11) is 2.02. The lowest BCUT2D eigenvalue weighted by Crippen LogP contribution is -2.31. The molecule has 1 saturated heterocycles. The van der Waals surface area contributed by atoms with Gasteiger partial charge in [0.25, 0.3) is 0 Å². The molecule has 1 aliphatic heterocycles. The van der Waals surface area contributed by atoms with Crippen LogP contribution in [0.4, 0.5) is 0 Å². The molecule has 0 saturated carbocycles. The van der Waals surface area contributed by atoms with Crippen LogP contribution >= 0.6 is 0 Å². The van der Waals surface area contributed by atoms with Gasteiger partial charge in [0.2, 0.25) is 0 Å². The fourth-order valence-electron chi connectivity index (χ4n) is 1.66. The molecule has 1 heterocycles. The molecule has 0 unspecified atom stereocenters. The van der Waals surface area contributed by atoms with Gasteiger partial charge in [-0.15, -0.1) is 0 Å². The monoisotopic (exact) mass is 158 g/mol. The highest BCUT2D eigenvalue weighted by molar-refractivity contribution is 4.64. The standard InChI is InChI=1S/C9H20N2.H2/c1-10-6-5-9-11-7-3-2-4-8-11;/h10H,2-9H2,1H3;1H. The Kier molecular flexibility index (Phi) is 4.55. The Hall–Kier alpha value is -0.0800. The summed E-state index contributed by atoms with van der Waals surface area (Å²) in [5.41, 5.74) is 0. The summed E-state index contributed by atoms with van der Waals surface area (Å²) in [4.78, 5) is 2.58. The predicted molar refractivity (Wildman–Crippen MR) is 50.9 cm³/mol. The first kappa shape index (κ1) is 9.01. The molecule has 0 aromatic carbocycles. The third-order valence-corrected chi connectivity index (χ3v) is 2.35. The lowest BCUT2D eigenvalue weighted by molar-refractivity contribution is 0.226. The maximum absolute atomic E-state index is 3.18. The Morgan fingerprint density at radius 3 is 2.64 bits per heavy atom. The molecule has 0 aromatic heterocycles. The van der Waals surface area contributed by atoms with Crippen LogP contribution in [-0.2, 0) is 0 Å². The second-order valence-electron chi connectivity index (χ2n) is 3.36. The van der Waals surface area contributed by atoms with E-state index in [1.54, 1.807) is 0 Å². The van der Waals surface area contributed by atoms with Crippen LogP contribution in [0.5, 0.6) is 0 Å². The maximum Gasteiger partial charge on any atom is 0 e. The maximum atomic E-state index is 3.18. The van der Waals surface area contributed by atoms with E-state index in [0.29, 0.717) is 0 Å². The zero-order valence-corrected chi connectivity index (χ0v) is 7.60. The third-order valence-electron chi connectivity index (χ3n) is 2.35. The van der Waals surface area contributed by atoms with E-state index in [1.165, 1.54) is 45.3 Å². The van der Waals surface area contributed by atoms with E-state index in [1.807, 2.05) is 7.05 Å². The first-order chi connectivity index (χ1) is 5.43. The average molecular weight is 158 g/mol. The highest BCUT2D eigenvalue weighted by atomic mass is 15.1. The van der Waals surface area contributed by atoms with E-state index in [0.717, 1.165) is 6.54 Å². The second kappa shape index (κ2) is 5.56. The van der Waals surface area contributed by atoms with Gasteiger partial charge in [0.1, 0.15) is 0 Å². The summed E-state index contributed by atoms with van der Waals surface area (Å²) in [6.45, 7) is 5.13. The Morgan fingerprint density at radius 2 is 2.00 bits per heavy atom. The summed E-state index contributed by atoms with van der Waals surface area (Å²) >= 11 is 0. The van der Waals surface area contributed by atoms with Crippen LogP contribution in [0.2, 0.25) is 0 Å². The molecule has 0 radical (unpaired) electrons. The highest BCUT2D eigenvalue weighted by Gasteiger charge is 2.08. The van der Waals surface area contributed by atoms with Crippen LogP contribution in [0.15, 0.2) is 0 Å². The molecule has 2 nitrogen and oxygen atoms in total. The van der Waals surface area contributed by atoms with Gasteiger partial charge in [-0.05, 0) is 52.5 Å². The predicted octanol–water partition coefficient (Wildman–Crippen LogP) is 1.33. The minimum absolute atomic E-state index is 0. The molecule has 11 heavy (non-hydrogen) atoms. The fraction of sp³-hybridized carbons (Fsp3) is 1.00. The van der Waals surface area contributed by atoms with E-state index < -0.39 is 0 Å². The van der Waals surface area contributed by atoms with E-state index in [4.69, 9.17) is 0 Å². The summed E-state index contributed by atoms with van der Waals surface area (Å²) < 4.78 is 0. The SMILES string of the molecule is CNCCCN1CCCCC1.[HH]. The largest absolute Gasteiger partial charge is 0.320 e. The molecular weight excluding hydrogens is 136 g/mol. The minimum Gasteiger partial charge on any atom is -0.320 e. The Labute approximate surface area is 71.4 Å². The quantitative estimate of drug-likeness (QED) is 0.621. The van der Waals surface area contributed by atoms with Crippen molar-refractivity contribution in [1.29, 1.82) is 0 Å². The number of likely N-dealkylation sites (tertiary alicyclic amines) is 1. The van der Waals surface area contributed by atoms with Crippen LogP contribution in [0.3, 0.4) is 0 Å². The van der Waals surface area contributed by atoms with Crippen molar-refractivity contribution in [2.24, 2.45) is 0 Å². The van der Waals surface area contributed by atoms with E-state index >= 15 is 0 Å². The molecule has 0 atom stereocenters. The van der Waals surface area contributed by atoms with E-state index in [9.17, 15) is 0 Å². The van der Waals surface area contributed by atoms with Gasteiger partial charge in [-0.2, -0.15) is 0 Å². The summed E-state index contributed by atoms with van der Waals surface area (Å²) in [6.07, 6.45) is 5.58. The second-order valence-corrected chi connectivity index (χ2v) is 3.36. The lowest BCUT2D eigenvalue weighted by atomic mass is 10.1. The molecule has 0 amide bonds. The Balaban J connectivity index is 0.00000121. The smallest absolute Gasteiger partial charge is 0 e. The molecule has 68 valence electrons. The topological polar surface area (TPSA) is 15.3 Å². The Morgan fingerprint density at radius 1 is 1.27 bits per heavy atom. The first-order valence-electron chi connectivity index (χ1n) is 4.80. The number of hydrogen-bond donors (Lipinski definition) is 1. The van der Waals surface area contributed by atoms with Gasteiger partial charge in [-0.25, -0.2) is 0 Å². The van der Waals surface area contributed by atoms with Crippen molar-refractivity contribution < 1.29 is 1.43 Å². The minimum atomic E-state index is 0. The summed E-state index contributed by atoms with van der Waals surface area (Å²) in [6, 6.07) is 0. The summed E-state index contributed by atoms with van der Waals surface area (Å²) in [5.74, 6) is 0. The molecule has 1 N–H and O–H groups in total.